The maximum atomic E-state index is 12.3. The number of thiazole rings is 1. The Labute approximate surface area is 139 Å². The summed E-state index contributed by atoms with van der Waals surface area (Å²) in [6.45, 7) is 0. The smallest absolute Gasteiger partial charge is 0.258 e. The Morgan fingerprint density at radius 1 is 1.52 bits per heavy atom. The normalized spacial score (nSPS) is 17.4. The summed E-state index contributed by atoms with van der Waals surface area (Å²) in [5.74, 6) is -0.253. The van der Waals surface area contributed by atoms with Gasteiger partial charge in [0.1, 0.15) is 0 Å². The van der Waals surface area contributed by atoms with Gasteiger partial charge in [0, 0.05) is 15.4 Å². The van der Waals surface area contributed by atoms with Gasteiger partial charge < -0.3 is 5.73 Å². The summed E-state index contributed by atoms with van der Waals surface area (Å²) in [6.07, 6.45) is 2.66. The summed E-state index contributed by atoms with van der Waals surface area (Å²) in [6, 6.07) is 5.37. The molecule has 3 rings (SSSR count). The Kier molecular flexibility index (Phi) is 4.31. The van der Waals surface area contributed by atoms with Crippen molar-refractivity contribution in [2.75, 3.05) is 5.32 Å². The van der Waals surface area contributed by atoms with Crippen molar-refractivity contribution in [1.29, 1.82) is 0 Å². The first-order valence-corrected chi connectivity index (χ1v) is 8.52. The molecule has 2 aromatic rings. The van der Waals surface area contributed by atoms with Gasteiger partial charge in [0.15, 0.2) is 5.13 Å². The Balaban J connectivity index is 1.80. The van der Waals surface area contributed by atoms with Crippen LogP contribution in [0.5, 0.6) is 0 Å². The van der Waals surface area contributed by atoms with Crippen LogP contribution >= 0.6 is 38.9 Å². The van der Waals surface area contributed by atoms with Crippen molar-refractivity contribution in [1.82, 2.24) is 4.98 Å². The average molecular weight is 387 g/mol. The molecule has 0 radical (unpaired) electrons. The summed E-state index contributed by atoms with van der Waals surface area (Å²) in [5.41, 5.74) is 7.44. The third kappa shape index (κ3) is 3.29. The van der Waals surface area contributed by atoms with Gasteiger partial charge in [-0.2, -0.15) is 0 Å². The summed E-state index contributed by atoms with van der Waals surface area (Å²) in [4.78, 5) is 17.9. The lowest BCUT2D eigenvalue weighted by molar-refractivity contribution is 0.102. The summed E-state index contributed by atoms with van der Waals surface area (Å²) < 4.78 is 0.807. The molecular formula is C14H13BrClN3OS. The molecule has 7 heteroatoms. The van der Waals surface area contributed by atoms with Gasteiger partial charge in [-0.25, -0.2) is 4.98 Å². The van der Waals surface area contributed by atoms with Crippen LogP contribution in [-0.4, -0.2) is 16.9 Å². The third-order valence-electron chi connectivity index (χ3n) is 3.37. The second kappa shape index (κ2) is 6.04. The van der Waals surface area contributed by atoms with Crippen LogP contribution in [0.25, 0.3) is 0 Å². The Bertz CT molecular complexity index is 704. The monoisotopic (exact) mass is 385 g/mol. The van der Waals surface area contributed by atoms with Crippen molar-refractivity contribution >= 4 is 49.9 Å². The van der Waals surface area contributed by atoms with Gasteiger partial charge in [-0.3, -0.25) is 10.1 Å². The third-order valence-corrected chi connectivity index (χ3v) is 5.23. The topological polar surface area (TPSA) is 68.0 Å². The molecule has 0 saturated carbocycles. The molecular weight excluding hydrogens is 374 g/mol. The zero-order valence-electron chi connectivity index (χ0n) is 11.0. The van der Waals surface area contributed by atoms with Crippen LogP contribution in [0.2, 0.25) is 5.02 Å². The van der Waals surface area contributed by atoms with Gasteiger partial charge in [-0.1, -0.05) is 27.5 Å². The highest BCUT2D eigenvalue weighted by atomic mass is 79.9. The number of hydrogen-bond acceptors (Lipinski definition) is 4. The zero-order chi connectivity index (χ0) is 15.0. The molecule has 0 fully saturated rings. The predicted octanol–water partition coefficient (Wildman–Crippen LogP) is 3.63. The van der Waals surface area contributed by atoms with E-state index < -0.39 is 0 Å². The number of aryl methyl sites for hydroxylation is 1. The first-order valence-electron chi connectivity index (χ1n) is 6.53. The quantitative estimate of drug-likeness (QED) is 0.828. The van der Waals surface area contributed by atoms with Crippen LogP contribution in [0, 0.1) is 0 Å². The number of nitrogens with zero attached hydrogens (tertiary/aromatic N) is 1. The molecule has 0 aliphatic heterocycles. The number of benzene rings is 1. The first kappa shape index (κ1) is 15.0. The lowest BCUT2D eigenvalue weighted by Gasteiger charge is -2.15. The first-order chi connectivity index (χ1) is 10.0. The number of halogens is 2. The van der Waals surface area contributed by atoms with Crippen LogP contribution in [0.1, 0.15) is 27.3 Å². The van der Waals surface area contributed by atoms with Crippen LogP contribution in [0.15, 0.2) is 22.7 Å². The van der Waals surface area contributed by atoms with Crippen molar-refractivity contribution in [2.45, 2.75) is 25.3 Å². The number of rotatable bonds is 2. The maximum absolute atomic E-state index is 12.3. The fraction of sp³-hybridized carbons (Fsp3) is 0.286. The number of nitrogens with one attached hydrogen (secondary N) is 1. The van der Waals surface area contributed by atoms with Crippen LogP contribution in [-0.2, 0) is 12.8 Å². The molecule has 4 nitrogen and oxygen atoms in total. The molecule has 1 atom stereocenters. The number of fused-ring (bicyclic) bond motifs is 1. The fourth-order valence-corrected chi connectivity index (χ4v) is 3.95. The molecule has 0 saturated heterocycles. The Hall–Kier alpha value is -0.950. The van der Waals surface area contributed by atoms with E-state index in [4.69, 9.17) is 17.3 Å². The van der Waals surface area contributed by atoms with E-state index in [2.05, 4.69) is 26.2 Å². The van der Waals surface area contributed by atoms with Crippen LogP contribution < -0.4 is 11.1 Å². The van der Waals surface area contributed by atoms with Crippen molar-refractivity contribution in [3.05, 3.63) is 43.8 Å². The van der Waals surface area contributed by atoms with Gasteiger partial charge >= 0.3 is 0 Å². The van der Waals surface area contributed by atoms with Gasteiger partial charge in [0.05, 0.1) is 16.3 Å². The van der Waals surface area contributed by atoms with E-state index in [1.165, 1.54) is 16.2 Å². The molecule has 1 aromatic carbocycles. The number of anilines is 1. The van der Waals surface area contributed by atoms with Gasteiger partial charge in [0.2, 0.25) is 0 Å². The number of hydrogen-bond donors (Lipinski definition) is 2. The van der Waals surface area contributed by atoms with Crippen molar-refractivity contribution in [3.63, 3.8) is 0 Å². The molecule has 1 amide bonds. The largest absolute Gasteiger partial charge is 0.327 e. The highest BCUT2D eigenvalue weighted by Gasteiger charge is 2.21. The second-order valence-electron chi connectivity index (χ2n) is 4.97. The van der Waals surface area contributed by atoms with E-state index >= 15 is 0 Å². The lowest BCUT2D eigenvalue weighted by atomic mass is 9.99. The van der Waals surface area contributed by atoms with E-state index in [1.54, 1.807) is 18.2 Å². The Morgan fingerprint density at radius 2 is 2.33 bits per heavy atom. The summed E-state index contributed by atoms with van der Waals surface area (Å²) in [5, 5.41) is 3.84. The predicted molar refractivity (Wildman–Crippen MR) is 89.2 cm³/mol. The maximum Gasteiger partial charge on any atom is 0.258 e. The van der Waals surface area contributed by atoms with Crippen LogP contribution in [0.3, 0.4) is 0 Å². The molecule has 1 aliphatic carbocycles. The van der Waals surface area contributed by atoms with Gasteiger partial charge in [0.25, 0.3) is 5.91 Å². The number of aromatic nitrogens is 1. The lowest BCUT2D eigenvalue weighted by Crippen LogP contribution is -2.27. The highest BCUT2D eigenvalue weighted by molar-refractivity contribution is 9.10. The molecule has 1 aliphatic rings. The van der Waals surface area contributed by atoms with E-state index in [0.29, 0.717) is 15.7 Å². The number of carbonyl (C=O) groups is 1. The molecule has 0 bridgehead atoms. The molecule has 110 valence electrons. The second-order valence-corrected chi connectivity index (χ2v) is 7.38. The molecule has 0 spiro atoms. The number of carbonyl (C=O) groups excluding carboxylic acids is 1. The van der Waals surface area contributed by atoms with E-state index in [0.717, 1.165) is 29.4 Å². The summed E-state index contributed by atoms with van der Waals surface area (Å²) >= 11 is 10.9. The van der Waals surface area contributed by atoms with E-state index in [-0.39, 0.29) is 11.9 Å². The molecule has 1 aromatic heterocycles. The standard InChI is InChI=1S/C14H13BrClN3OS/c15-7-1-3-10(16)9(5-7)13(20)19-14-18-11-4-2-8(17)6-12(11)21-14/h1,3,5,8H,2,4,6,17H2,(H,18,19,20)/t8-/m0/s1. The minimum absolute atomic E-state index is 0.195. The average Bonchev–Trinajstić information content (AvgIpc) is 2.82. The molecule has 1 heterocycles. The Morgan fingerprint density at radius 3 is 3.14 bits per heavy atom. The van der Waals surface area contributed by atoms with Gasteiger partial charge in [-0.15, -0.1) is 11.3 Å². The highest BCUT2D eigenvalue weighted by Crippen LogP contribution is 2.30. The fourth-order valence-electron chi connectivity index (χ4n) is 2.29. The van der Waals surface area contributed by atoms with Crippen molar-refractivity contribution in [3.8, 4) is 0 Å². The number of amides is 1. The van der Waals surface area contributed by atoms with Crippen LogP contribution in [0.4, 0.5) is 5.13 Å². The number of nitrogens with two attached hydrogens (primary N) is 1. The SMILES string of the molecule is N[C@H]1CCc2nc(NC(=O)c3cc(Br)ccc3Cl)sc2C1. The molecule has 3 N–H and O–H groups in total. The van der Waals surface area contributed by atoms with Crippen molar-refractivity contribution < 1.29 is 4.79 Å². The molecule has 0 unspecified atom stereocenters. The van der Waals surface area contributed by atoms with E-state index in [1.807, 2.05) is 0 Å². The minimum atomic E-state index is -0.253. The van der Waals surface area contributed by atoms with E-state index in [9.17, 15) is 4.79 Å². The molecule has 21 heavy (non-hydrogen) atoms. The zero-order valence-corrected chi connectivity index (χ0v) is 14.2. The van der Waals surface area contributed by atoms with Gasteiger partial charge in [-0.05, 0) is 37.5 Å². The summed E-state index contributed by atoms with van der Waals surface area (Å²) in [7, 11) is 0. The minimum Gasteiger partial charge on any atom is -0.327 e. The van der Waals surface area contributed by atoms with Crippen molar-refractivity contribution in [2.24, 2.45) is 5.73 Å².